The second-order valence-corrected chi connectivity index (χ2v) is 4.58. The molecule has 2 N–H and O–H groups in total. The SMILES string of the molecule is COc1ccc(CN)cc1OCC(=O)N(C)C(C)C. The Balaban J connectivity index is 2.73. The zero-order valence-electron chi connectivity index (χ0n) is 12.0. The Morgan fingerprint density at radius 1 is 1.37 bits per heavy atom. The Kier molecular flexibility index (Phi) is 5.63. The second kappa shape index (κ2) is 6.99. The van der Waals surface area contributed by atoms with Crippen molar-refractivity contribution in [1.82, 2.24) is 4.90 Å². The van der Waals surface area contributed by atoms with Crippen molar-refractivity contribution in [3.8, 4) is 11.5 Å². The van der Waals surface area contributed by atoms with Crippen LogP contribution < -0.4 is 15.2 Å². The number of nitrogens with zero attached hydrogens (tertiary/aromatic N) is 1. The van der Waals surface area contributed by atoms with E-state index in [2.05, 4.69) is 0 Å². The average molecular weight is 266 g/mol. The lowest BCUT2D eigenvalue weighted by atomic mass is 10.2. The van der Waals surface area contributed by atoms with E-state index in [1.54, 1.807) is 31.2 Å². The maximum Gasteiger partial charge on any atom is 0.260 e. The summed E-state index contributed by atoms with van der Waals surface area (Å²) in [7, 11) is 3.32. The van der Waals surface area contributed by atoms with Crippen LogP contribution in [-0.4, -0.2) is 37.6 Å². The van der Waals surface area contributed by atoms with Crippen LogP contribution in [0.4, 0.5) is 0 Å². The van der Waals surface area contributed by atoms with Crippen molar-refractivity contribution in [3.63, 3.8) is 0 Å². The molecule has 0 unspecified atom stereocenters. The van der Waals surface area contributed by atoms with Crippen molar-refractivity contribution < 1.29 is 14.3 Å². The topological polar surface area (TPSA) is 64.8 Å². The van der Waals surface area contributed by atoms with E-state index in [0.29, 0.717) is 18.0 Å². The van der Waals surface area contributed by atoms with Gasteiger partial charge in [-0.1, -0.05) is 6.07 Å². The number of nitrogens with two attached hydrogens (primary N) is 1. The lowest BCUT2D eigenvalue weighted by Gasteiger charge is -2.21. The van der Waals surface area contributed by atoms with Gasteiger partial charge in [-0.05, 0) is 31.5 Å². The number of rotatable bonds is 6. The van der Waals surface area contributed by atoms with Gasteiger partial charge in [0.15, 0.2) is 18.1 Å². The number of carbonyl (C=O) groups is 1. The summed E-state index contributed by atoms with van der Waals surface area (Å²) in [6, 6.07) is 5.59. The first kappa shape index (κ1) is 15.3. The lowest BCUT2D eigenvalue weighted by molar-refractivity contribution is -0.133. The van der Waals surface area contributed by atoms with Crippen molar-refractivity contribution in [1.29, 1.82) is 0 Å². The third-order valence-electron chi connectivity index (χ3n) is 2.98. The van der Waals surface area contributed by atoms with Gasteiger partial charge in [-0.25, -0.2) is 0 Å². The summed E-state index contributed by atoms with van der Waals surface area (Å²) in [6.07, 6.45) is 0. The molecule has 0 bridgehead atoms. The van der Waals surface area contributed by atoms with E-state index in [1.807, 2.05) is 19.9 Å². The Morgan fingerprint density at radius 3 is 2.58 bits per heavy atom. The zero-order chi connectivity index (χ0) is 14.4. The van der Waals surface area contributed by atoms with Crippen molar-refractivity contribution >= 4 is 5.91 Å². The van der Waals surface area contributed by atoms with Crippen molar-refractivity contribution in [2.24, 2.45) is 5.73 Å². The number of hydrogen-bond donors (Lipinski definition) is 1. The highest BCUT2D eigenvalue weighted by Crippen LogP contribution is 2.27. The van der Waals surface area contributed by atoms with Crippen LogP contribution in [0.15, 0.2) is 18.2 Å². The minimum Gasteiger partial charge on any atom is -0.493 e. The standard InChI is InChI=1S/C14H22N2O3/c1-10(2)16(3)14(17)9-19-13-7-11(8-15)5-6-12(13)18-4/h5-7,10H,8-9,15H2,1-4H3. The Bertz CT molecular complexity index is 433. The fraction of sp³-hybridized carbons (Fsp3) is 0.500. The summed E-state index contributed by atoms with van der Waals surface area (Å²) in [5.41, 5.74) is 6.51. The molecule has 0 fully saturated rings. The molecule has 0 saturated carbocycles. The van der Waals surface area contributed by atoms with E-state index in [-0.39, 0.29) is 18.6 Å². The second-order valence-electron chi connectivity index (χ2n) is 4.58. The van der Waals surface area contributed by atoms with E-state index < -0.39 is 0 Å². The normalized spacial score (nSPS) is 10.4. The quantitative estimate of drug-likeness (QED) is 0.845. The van der Waals surface area contributed by atoms with Gasteiger partial charge in [0.2, 0.25) is 0 Å². The number of amides is 1. The summed E-state index contributed by atoms with van der Waals surface area (Å²) in [4.78, 5) is 13.5. The number of carbonyl (C=O) groups excluding carboxylic acids is 1. The Labute approximate surface area is 114 Å². The summed E-state index contributed by atoms with van der Waals surface area (Å²) in [6.45, 7) is 4.31. The molecular formula is C14H22N2O3. The van der Waals surface area contributed by atoms with Gasteiger partial charge in [-0.2, -0.15) is 0 Å². The molecule has 5 nitrogen and oxygen atoms in total. The molecule has 0 aliphatic heterocycles. The Hall–Kier alpha value is -1.75. The van der Waals surface area contributed by atoms with Gasteiger partial charge in [0, 0.05) is 19.6 Å². The van der Waals surface area contributed by atoms with Crippen LogP contribution in [0.1, 0.15) is 19.4 Å². The van der Waals surface area contributed by atoms with E-state index in [9.17, 15) is 4.79 Å². The van der Waals surface area contributed by atoms with Gasteiger partial charge in [0.05, 0.1) is 7.11 Å². The highest BCUT2D eigenvalue weighted by Gasteiger charge is 2.14. The van der Waals surface area contributed by atoms with Crippen LogP contribution in [0.3, 0.4) is 0 Å². The monoisotopic (exact) mass is 266 g/mol. The summed E-state index contributed by atoms with van der Waals surface area (Å²) in [5.74, 6) is 1.06. The highest BCUT2D eigenvalue weighted by molar-refractivity contribution is 5.77. The molecule has 1 aromatic carbocycles. The maximum atomic E-state index is 11.8. The van der Waals surface area contributed by atoms with Crippen LogP contribution in [0, 0.1) is 0 Å². The molecule has 106 valence electrons. The first-order valence-corrected chi connectivity index (χ1v) is 6.25. The van der Waals surface area contributed by atoms with Gasteiger partial charge in [0.1, 0.15) is 0 Å². The molecule has 0 heterocycles. The minimum absolute atomic E-state index is 0.0148. The molecule has 1 amide bonds. The molecule has 0 saturated heterocycles. The first-order valence-electron chi connectivity index (χ1n) is 6.25. The fourth-order valence-corrected chi connectivity index (χ4v) is 1.49. The van der Waals surface area contributed by atoms with Gasteiger partial charge in [-0.3, -0.25) is 4.79 Å². The molecule has 0 atom stereocenters. The maximum absolute atomic E-state index is 11.8. The molecule has 5 heteroatoms. The third-order valence-corrected chi connectivity index (χ3v) is 2.98. The Morgan fingerprint density at radius 2 is 2.05 bits per heavy atom. The highest BCUT2D eigenvalue weighted by atomic mass is 16.5. The molecule has 19 heavy (non-hydrogen) atoms. The number of methoxy groups -OCH3 is 1. The van der Waals surface area contributed by atoms with Crippen LogP contribution in [0.5, 0.6) is 11.5 Å². The predicted molar refractivity (Wildman–Crippen MR) is 74.3 cm³/mol. The van der Waals surface area contributed by atoms with E-state index in [0.717, 1.165) is 5.56 Å². The van der Waals surface area contributed by atoms with E-state index in [1.165, 1.54) is 0 Å². The molecule has 1 aromatic rings. The summed E-state index contributed by atoms with van der Waals surface area (Å²) >= 11 is 0. The number of benzene rings is 1. The number of hydrogen-bond acceptors (Lipinski definition) is 4. The smallest absolute Gasteiger partial charge is 0.260 e. The van der Waals surface area contributed by atoms with Crippen LogP contribution in [0.25, 0.3) is 0 Å². The first-order chi connectivity index (χ1) is 8.99. The van der Waals surface area contributed by atoms with E-state index in [4.69, 9.17) is 15.2 Å². The van der Waals surface area contributed by atoms with Crippen molar-refractivity contribution in [3.05, 3.63) is 23.8 Å². The van der Waals surface area contributed by atoms with E-state index >= 15 is 0 Å². The molecule has 0 aromatic heterocycles. The van der Waals surface area contributed by atoms with Gasteiger partial charge in [0.25, 0.3) is 5.91 Å². The molecular weight excluding hydrogens is 244 g/mol. The minimum atomic E-state index is -0.0739. The summed E-state index contributed by atoms with van der Waals surface area (Å²) in [5, 5.41) is 0. The van der Waals surface area contributed by atoms with Gasteiger partial charge >= 0.3 is 0 Å². The van der Waals surface area contributed by atoms with Crippen LogP contribution in [0.2, 0.25) is 0 Å². The van der Waals surface area contributed by atoms with Crippen LogP contribution >= 0.6 is 0 Å². The lowest BCUT2D eigenvalue weighted by Crippen LogP contribution is -2.36. The molecule has 0 aliphatic carbocycles. The van der Waals surface area contributed by atoms with Crippen LogP contribution in [-0.2, 0) is 11.3 Å². The number of likely N-dealkylation sites (N-methyl/N-ethyl adjacent to an activating group) is 1. The molecule has 0 spiro atoms. The van der Waals surface area contributed by atoms with Gasteiger partial charge < -0.3 is 20.1 Å². The molecule has 0 aliphatic rings. The summed E-state index contributed by atoms with van der Waals surface area (Å²) < 4.78 is 10.7. The fourth-order valence-electron chi connectivity index (χ4n) is 1.49. The predicted octanol–water partition coefficient (Wildman–Crippen LogP) is 1.40. The van der Waals surface area contributed by atoms with Crippen molar-refractivity contribution in [2.75, 3.05) is 20.8 Å². The largest absolute Gasteiger partial charge is 0.493 e. The molecule has 0 radical (unpaired) electrons. The average Bonchev–Trinajstić information content (AvgIpc) is 2.43. The van der Waals surface area contributed by atoms with Crippen molar-refractivity contribution in [2.45, 2.75) is 26.4 Å². The number of ether oxygens (including phenoxy) is 2. The van der Waals surface area contributed by atoms with Gasteiger partial charge in [-0.15, -0.1) is 0 Å². The molecule has 1 rings (SSSR count). The third kappa shape index (κ3) is 4.13. The zero-order valence-corrected chi connectivity index (χ0v) is 12.0.